The van der Waals surface area contributed by atoms with Gasteiger partial charge in [0.25, 0.3) is 0 Å². The van der Waals surface area contributed by atoms with E-state index in [2.05, 4.69) is 23.3 Å². The molecule has 0 unspecified atom stereocenters. The lowest BCUT2D eigenvalue weighted by Crippen LogP contribution is -2.49. The first-order valence-corrected chi connectivity index (χ1v) is 8.73. The number of nitrogens with zero attached hydrogens (tertiary/aromatic N) is 3. The van der Waals surface area contributed by atoms with Crippen molar-refractivity contribution in [2.24, 2.45) is 0 Å². The second-order valence-electron chi connectivity index (χ2n) is 6.82. The Kier molecular flexibility index (Phi) is 4.57. The maximum Gasteiger partial charge on any atom is 0.222 e. The number of hydrogen-bond acceptors (Lipinski definition) is 3. The summed E-state index contributed by atoms with van der Waals surface area (Å²) in [7, 11) is 0. The van der Waals surface area contributed by atoms with Crippen LogP contribution in [0, 0.1) is 13.8 Å². The Morgan fingerprint density at radius 3 is 2.35 bits per heavy atom. The Hall–Kier alpha value is -1.62. The van der Waals surface area contributed by atoms with E-state index in [9.17, 15) is 9.59 Å². The van der Waals surface area contributed by atoms with Gasteiger partial charge in [0, 0.05) is 55.6 Å². The topological polar surface area (TPSA) is 45.6 Å². The van der Waals surface area contributed by atoms with Gasteiger partial charge in [0.2, 0.25) is 5.91 Å². The molecule has 5 nitrogen and oxygen atoms in total. The van der Waals surface area contributed by atoms with Gasteiger partial charge in [0.1, 0.15) is 0 Å². The number of carbonyl (C=O) groups is 2. The number of ketones is 1. The summed E-state index contributed by atoms with van der Waals surface area (Å²) in [6.07, 6.45) is 3.03. The minimum atomic E-state index is 0.209. The van der Waals surface area contributed by atoms with E-state index in [1.807, 2.05) is 17.9 Å². The summed E-state index contributed by atoms with van der Waals surface area (Å²) in [5.74, 6) is 0.421. The molecule has 2 heterocycles. The molecule has 0 radical (unpaired) electrons. The SMILES string of the molecule is CCC(=O)N1CCN(CC(=O)c2cc(C)n(C3CC3)c2C)CC1. The van der Waals surface area contributed by atoms with Crippen LogP contribution >= 0.6 is 0 Å². The van der Waals surface area contributed by atoms with E-state index in [1.165, 1.54) is 18.5 Å². The predicted octanol–water partition coefficient (Wildman–Crippen LogP) is 2.18. The number of aryl methyl sites for hydroxylation is 1. The van der Waals surface area contributed by atoms with Crippen LogP contribution in [0.1, 0.15) is 54.0 Å². The molecule has 1 saturated carbocycles. The van der Waals surface area contributed by atoms with Crippen molar-refractivity contribution in [3.63, 3.8) is 0 Å². The molecule has 23 heavy (non-hydrogen) atoms. The lowest BCUT2D eigenvalue weighted by molar-refractivity contribution is -0.132. The molecule has 126 valence electrons. The third-order valence-electron chi connectivity index (χ3n) is 5.09. The van der Waals surface area contributed by atoms with Crippen molar-refractivity contribution < 1.29 is 9.59 Å². The van der Waals surface area contributed by atoms with E-state index < -0.39 is 0 Å². The highest BCUT2D eigenvalue weighted by Gasteiger charge is 2.29. The van der Waals surface area contributed by atoms with Crippen molar-refractivity contribution in [2.45, 2.75) is 46.1 Å². The molecule has 5 heteroatoms. The molecule has 1 aliphatic carbocycles. The van der Waals surface area contributed by atoms with Crippen LogP contribution in [0.2, 0.25) is 0 Å². The molecule has 3 rings (SSSR count). The molecule has 2 aliphatic rings. The van der Waals surface area contributed by atoms with Gasteiger partial charge in [-0.1, -0.05) is 6.92 Å². The molecule has 0 aromatic carbocycles. The fourth-order valence-electron chi connectivity index (χ4n) is 3.62. The smallest absolute Gasteiger partial charge is 0.222 e. The first-order chi connectivity index (χ1) is 11.0. The summed E-state index contributed by atoms with van der Waals surface area (Å²) < 4.78 is 2.32. The van der Waals surface area contributed by atoms with Gasteiger partial charge in [-0.15, -0.1) is 0 Å². The zero-order valence-corrected chi connectivity index (χ0v) is 14.5. The Labute approximate surface area is 138 Å². The quantitative estimate of drug-likeness (QED) is 0.782. The molecule has 2 fully saturated rings. The van der Waals surface area contributed by atoms with Crippen LogP contribution in [-0.2, 0) is 4.79 Å². The molecule has 1 aliphatic heterocycles. The fraction of sp³-hybridized carbons (Fsp3) is 0.667. The van der Waals surface area contributed by atoms with Gasteiger partial charge in [-0.05, 0) is 32.8 Å². The first-order valence-electron chi connectivity index (χ1n) is 8.73. The summed E-state index contributed by atoms with van der Waals surface area (Å²) in [4.78, 5) is 28.5. The normalized spacial score (nSPS) is 19.2. The highest BCUT2D eigenvalue weighted by Crippen LogP contribution is 2.38. The number of aromatic nitrogens is 1. The second-order valence-corrected chi connectivity index (χ2v) is 6.82. The third-order valence-corrected chi connectivity index (χ3v) is 5.09. The highest BCUT2D eigenvalue weighted by molar-refractivity contribution is 5.99. The Morgan fingerprint density at radius 1 is 1.13 bits per heavy atom. The van der Waals surface area contributed by atoms with Crippen molar-refractivity contribution >= 4 is 11.7 Å². The van der Waals surface area contributed by atoms with Crippen molar-refractivity contribution in [3.05, 3.63) is 23.0 Å². The summed E-state index contributed by atoms with van der Waals surface area (Å²) in [5, 5.41) is 0. The molecule has 1 aromatic heterocycles. The van der Waals surface area contributed by atoms with E-state index in [0.29, 0.717) is 19.0 Å². The van der Waals surface area contributed by atoms with E-state index in [-0.39, 0.29) is 11.7 Å². The molecule has 1 amide bonds. The Bertz CT molecular complexity index is 608. The monoisotopic (exact) mass is 317 g/mol. The van der Waals surface area contributed by atoms with E-state index >= 15 is 0 Å². The van der Waals surface area contributed by atoms with Gasteiger partial charge in [0.15, 0.2) is 5.78 Å². The maximum atomic E-state index is 12.7. The van der Waals surface area contributed by atoms with Crippen LogP contribution in [0.3, 0.4) is 0 Å². The van der Waals surface area contributed by atoms with Gasteiger partial charge >= 0.3 is 0 Å². The first kappa shape index (κ1) is 16.2. The fourth-order valence-corrected chi connectivity index (χ4v) is 3.62. The number of carbonyl (C=O) groups excluding carboxylic acids is 2. The van der Waals surface area contributed by atoms with Gasteiger partial charge in [-0.3, -0.25) is 14.5 Å². The molecule has 1 aromatic rings. The van der Waals surface area contributed by atoms with Crippen LogP contribution < -0.4 is 0 Å². The zero-order valence-electron chi connectivity index (χ0n) is 14.5. The molecule has 1 saturated heterocycles. The average Bonchev–Trinajstić information content (AvgIpc) is 3.32. The van der Waals surface area contributed by atoms with Crippen molar-refractivity contribution in [2.75, 3.05) is 32.7 Å². The van der Waals surface area contributed by atoms with Crippen LogP contribution in [0.5, 0.6) is 0 Å². The highest BCUT2D eigenvalue weighted by atomic mass is 16.2. The average molecular weight is 317 g/mol. The van der Waals surface area contributed by atoms with Gasteiger partial charge in [-0.25, -0.2) is 0 Å². The zero-order chi connectivity index (χ0) is 16.6. The summed E-state index contributed by atoms with van der Waals surface area (Å²) >= 11 is 0. The minimum absolute atomic E-state index is 0.209. The van der Waals surface area contributed by atoms with Gasteiger partial charge in [-0.2, -0.15) is 0 Å². The number of Topliss-reactive ketones (excluding diaryl/α,β-unsaturated/α-hetero) is 1. The van der Waals surface area contributed by atoms with Crippen molar-refractivity contribution in [1.29, 1.82) is 0 Å². The lowest BCUT2D eigenvalue weighted by atomic mass is 10.1. The lowest BCUT2D eigenvalue weighted by Gasteiger charge is -2.34. The summed E-state index contributed by atoms with van der Waals surface area (Å²) in [5.41, 5.74) is 3.20. The van der Waals surface area contributed by atoms with Crippen molar-refractivity contribution in [3.8, 4) is 0 Å². The summed E-state index contributed by atoms with van der Waals surface area (Å²) in [6.45, 7) is 9.57. The third kappa shape index (κ3) is 3.34. The van der Waals surface area contributed by atoms with E-state index in [0.717, 1.165) is 37.4 Å². The van der Waals surface area contributed by atoms with Gasteiger partial charge in [0.05, 0.1) is 6.54 Å². The number of amides is 1. The summed E-state index contributed by atoms with van der Waals surface area (Å²) in [6, 6.07) is 2.66. The molecule has 0 spiro atoms. The number of rotatable bonds is 5. The van der Waals surface area contributed by atoms with Gasteiger partial charge < -0.3 is 9.47 Å². The number of hydrogen-bond donors (Lipinski definition) is 0. The molecular formula is C18H27N3O2. The molecule has 0 N–H and O–H groups in total. The Balaban J connectivity index is 1.60. The number of piperazine rings is 1. The predicted molar refractivity (Wildman–Crippen MR) is 89.8 cm³/mol. The second kappa shape index (κ2) is 6.48. The van der Waals surface area contributed by atoms with E-state index in [4.69, 9.17) is 0 Å². The molecule has 0 bridgehead atoms. The largest absolute Gasteiger partial charge is 0.345 e. The van der Waals surface area contributed by atoms with E-state index in [1.54, 1.807) is 0 Å². The van der Waals surface area contributed by atoms with Crippen molar-refractivity contribution in [1.82, 2.24) is 14.4 Å². The van der Waals surface area contributed by atoms with Crippen LogP contribution in [-0.4, -0.2) is 58.8 Å². The maximum absolute atomic E-state index is 12.7. The van der Waals surface area contributed by atoms with Crippen LogP contribution in [0.4, 0.5) is 0 Å². The molecule has 0 atom stereocenters. The standard InChI is InChI=1S/C18H27N3O2/c1-4-18(23)20-9-7-19(8-10-20)12-17(22)16-11-13(2)21(14(16)3)15-5-6-15/h11,15H,4-10,12H2,1-3H3. The van der Waals surface area contributed by atoms with Crippen LogP contribution in [0.15, 0.2) is 6.07 Å². The minimum Gasteiger partial charge on any atom is -0.345 e. The molecular weight excluding hydrogens is 290 g/mol. The Morgan fingerprint density at radius 2 is 1.78 bits per heavy atom. The van der Waals surface area contributed by atoms with Crippen LogP contribution in [0.25, 0.3) is 0 Å².